The normalized spacial score (nSPS) is 10.3. The highest BCUT2D eigenvalue weighted by Gasteiger charge is 2.02. The van der Waals surface area contributed by atoms with Crippen LogP contribution in [0.5, 0.6) is 0 Å². The molecule has 1 heterocycles. The van der Waals surface area contributed by atoms with Crippen molar-refractivity contribution in [3.05, 3.63) is 34.9 Å². The van der Waals surface area contributed by atoms with Crippen LogP contribution in [0.4, 0.5) is 5.95 Å². The van der Waals surface area contributed by atoms with Crippen LogP contribution in [0.2, 0.25) is 5.02 Å². The van der Waals surface area contributed by atoms with Gasteiger partial charge in [-0.2, -0.15) is 0 Å². The molecule has 15 heavy (non-hydrogen) atoms. The van der Waals surface area contributed by atoms with E-state index >= 15 is 0 Å². The average molecular weight is 224 g/mol. The number of hydrogen-bond donors (Lipinski definition) is 1. The van der Waals surface area contributed by atoms with Crippen LogP contribution in [0.1, 0.15) is 5.56 Å². The fourth-order valence-corrected chi connectivity index (χ4v) is 1.40. The summed E-state index contributed by atoms with van der Waals surface area (Å²) in [6.07, 6.45) is 0. The highest BCUT2D eigenvalue weighted by atomic mass is 35.5. The van der Waals surface area contributed by atoms with Crippen LogP contribution in [-0.2, 0) is 13.6 Å². The summed E-state index contributed by atoms with van der Waals surface area (Å²) < 4.78 is 1.57. The fourth-order valence-electron chi connectivity index (χ4n) is 1.20. The zero-order chi connectivity index (χ0) is 10.7. The molecule has 0 saturated heterocycles. The smallest absolute Gasteiger partial charge is 0.242 e. The lowest BCUT2D eigenvalue weighted by atomic mass is 10.2. The number of aromatic nitrogens is 4. The van der Waals surface area contributed by atoms with Crippen molar-refractivity contribution < 1.29 is 0 Å². The molecule has 0 fully saturated rings. The van der Waals surface area contributed by atoms with Crippen molar-refractivity contribution in [2.75, 3.05) is 5.32 Å². The van der Waals surface area contributed by atoms with E-state index in [1.807, 2.05) is 24.3 Å². The summed E-state index contributed by atoms with van der Waals surface area (Å²) >= 11 is 6.01. The van der Waals surface area contributed by atoms with Crippen LogP contribution in [-0.4, -0.2) is 20.2 Å². The number of nitrogens with zero attached hydrogens (tertiary/aromatic N) is 4. The van der Waals surface area contributed by atoms with Gasteiger partial charge in [-0.15, -0.1) is 0 Å². The van der Waals surface area contributed by atoms with Gasteiger partial charge in [0.2, 0.25) is 5.95 Å². The Kier molecular flexibility index (Phi) is 2.82. The predicted octanol–water partition coefficient (Wildman–Crippen LogP) is 1.48. The van der Waals surface area contributed by atoms with Gasteiger partial charge in [0.15, 0.2) is 0 Å². The number of halogens is 1. The van der Waals surface area contributed by atoms with Crippen LogP contribution in [0, 0.1) is 0 Å². The molecule has 0 aliphatic heterocycles. The lowest BCUT2D eigenvalue weighted by molar-refractivity contribution is 0.712. The molecule has 0 radical (unpaired) electrons. The second-order valence-corrected chi connectivity index (χ2v) is 3.48. The summed E-state index contributed by atoms with van der Waals surface area (Å²) in [5.41, 5.74) is 1.02. The van der Waals surface area contributed by atoms with Gasteiger partial charge in [0.1, 0.15) is 0 Å². The Morgan fingerprint density at radius 2 is 2.20 bits per heavy atom. The number of anilines is 1. The van der Waals surface area contributed by atoms with E-state index in [-0.39, 0.29) is 0 Å². The first kappa shape index (κ1) is 9.92. The minimum Gasteiger partial charge on any atom is -0.349 e. The monoisotopic (exact) mass is 223 g/mol. The molecule has 2 rings (SSSR count). The third kappa shape index (κ3) is 2.24. The number of aryl methyl sites for hydroxylation is 1. The van der Waals surface area contributed by atoms with E-state index < -0.39 is 0 Å². The van der Waals surface area contributed by atoms with E-state index in [9.17, 15) is 0 Å². The largest absolute Gasteiger partial charge is 0.349 e. The molecule has 2 aromatic rings. The average Bonchev–Trinajstić information content (AvgIpc) is 2.63. The molecule has 78 valence electrons. The Hall–Kier alpha value is -1.62. The molecule has 0 spiro atoms. The topological polar surface area (TPSA) is 55.6 Å². The number of hydrogen-bond acceptors (Lipinski definition) is 4. The first-order valence-electron chi connectivity index (χ1n) is 4.47. The molecule has 0 saturated carbocycles. The van der Waals surface area contributed by atoms with Gasteiger partial charge in [-0.05, 0) is 22.1 Å². The molecule has 0 aliphatic carbocycles. The summed E-state index contributed by atoms with van der Waals surface area (Å²) in [6, 6.07) is 7.65. The maximum absolute atomic E-state index is 6.01. The van der Waals surface area contributed by atoms with Crippen LogP contribution in [0.25, 0.3) is 0 Å². The molecule has 1 aromatic carbocycles. The minimum absolute atomic E-state index is 0.605. The van der Waals surface area contributed by atoms with Gasteiger partial charge < -0.3 is 5.32 Å². The lowest BCUT2D eigenvalue weighted by Gasteiger charge is -2.05. The third-order valence-corrected chi connectivity index (χ3v) is 2.38. The molecule has 0 unspecified atom stereocenters. The molecular weight excluding hydrogens is 214 g/mol. The zero-order valence-corrected chi connectivity index (χ0v) is 8.94. The molecule has 6 heteroatoms. The van der Waals surface area contributed by atoms with E-state index in [2.05, 4.69) is 20.8 Å². The van der Waals surface area contributed by atoms with Crippen molar-refractivity contribution in [1.29, 1.82) is 0 Å². The quantitative estimate of drug-likeness (QED) is 0.856. The summed E-state index contributed by atoms with van der Waals surface area (Å²) in [5.74, 6) is 0.620. The number of nitrogens with one attached hydrogen (secondary N) is 1. The standard InChI is InChI=1S/C9H10ClN5/c1-15-9(12-13-14-15)11-6-7-4-2-3-5-8(7)10/h2-5H,6H2,1H3,(H,11,12,14). The number of tetrazole rings is 1. The van der Waals surface area contributed by atoms with Gasteiger partial charge in [-0.3, -0.25) is 0 Å². The van der Waals surface area contributed by atoms with Gasteiger partial charge in [-0.1, -0.05) is 34.9 Å². The third-order valence-electron chi connectivity index (χ3n) is 2.01. The number of benzene rings is 1. The van der Waals surface area contributed by atoms with Crippen molar-refractivity contribution in [2.45, 2.75) is 6.54 Å². The van der Waals surface area contributed by atoms with Gasteiger partial charge in [-0.25, -0.2) is 4.68 Å². The molecule has 1 N–H and O–H groups in total. The van der Waals surface area contributed by atoms with Crippen molar-refractivity contribution in [3.63, 3.8) is 0 Å². The molecule has 0 bridgehead atoms. The minimum atomic E-state index is 0.605. The maximum atomic E-state index is 6.01. The van der Waals surface area contributed by atoms with Crippen LogP contribution in [0.15, 0.2) is 24.3 Å². The van der Waals surface area contributed by atoms with E-state index in [4.69, 9.17) is 11.6 Å². The van der Waals surface area contributed by atoms with Crippen molar-refractivity contribution in [2.24, 2.45) is 7.05 Å². The Bertz CT molecular complexity index is 453. The van der Waals surface area contributed by atoms with E-state index in [0.717, 1.165) is 10.6 Å². The Balaban J connectivity index is 2.06. The highest BCUT2D eigenvalue weighted by molar-refractivity contribution is 6.31. The zero-order valence-electron chi connectivity index (χ0n) is 8.18. The van der Waals surface area contributed by atoms with Gasteiger partial charge in [0.05, 0.1) is 0 Å². The predicted molar refractivity (Wildman–Crippen MR) is 57.6 cm³/mol. The Morgan fingerprint density at radius 3 is 2.87 bits per heavy atom. The van der Waals surface area contributed by atoms with Gasteiger partial charge >= 0.3 is 0 Å². The molecule has 1 aromatic heterocycles. The van der Waals surface area contributed by atoms with E-state index in [0.29, 0.717) is 12.5 Å². The Labute approximate surface area is 92.1 Å². The summed E-state index contributed by atoms with van der Waals surface area (Å²) in [5, 5.41) is 14.9. The first-order chi connectivity index (χ1) is 7.27. The van der Waals surface area contributed by atoms with Gasteiger partial charge in [0.25, 0.3) is 0 Å². The summed E-state index contributed by atoms with van der Waals surface area (Å²) in [4.78, 5) is 0. The molecule has 5 nitrogen and oxygen atoms in total. The lowest BCUT2D eigenvalue weighted by Crippen LogP contribution is -2.05. The number of rotatable bonds is 3. The second-order valence-electron chi connectivity index (χ2n) is 3.07. The molecular formula is C9H10ClN5. The molecule has 0 atom stereocenters. The van der Waals surface area contributed by atoms with E-state index in [1.54, 1.807) is 11.7 Å². The van der Waals surface area contributed by atoms with Crippen LogP contribution in [0.3, 0.4) is 0 Å². The van der Waals surface area contributed by atoms with Crippen molar-refractivity contribution in [1.82, 2.24) is 20.2 Å². The van der Waals surface area contributed by atoms with Crippen LogP contribution >= 0.6 is 11.6 Å². The summed E-state index contributed by atoms with van der Waals surface area (Å²) in [6.45, 7) is 0.605. The molecule has 0 aliphatic rings. The second kappa shape index (κ2) is 4.27. The van der Waals surface area contributed by atoms with Crippen LogP contribution < -0.4 is 5.32 Å². The maximum Gasteiger partial charge on any atom is 0.242 e. The van der Waals surface area contributed by atoms with Crippen molar-refractivity contribution >= 4 is 17.5 Å². The Morgan fingerprint density at radius 1 is 1.40 bits per heavy atom. The highest BCUT2D eigenvalue weighted by Crippen LogP contribution is 2.15. The van der Waals surface area contributed by atoms with Gasteiger partial charge in [0, 0.05) is 18.6 Å². The fraction of sp³-hybridized carbons (Fsp3) is 0.222. The van der Waals surface area contributed by atoms with E-state index in [1.165, 1.54) is 0 Å². The SMILES string of the molecule is Cn1nnnc1NCc1ccccc1Cl. The van der Waals surface area contributed by atoms with Crippen molar-refractivity contribution in [3.8, 4) is 0 Å². The molecule has 0 amide bonds. The summed E-state index contributed by atoms with van der Waals surface area (Å²) in [7, 11) is 1.77. The first-order valence-corrected chi connectivity index (χ1v) is 4.85.